The normalized spacial score (nSPS) is 11.8. The molecule has 0 unspecified atom stereocenters. The Morgan fingerprint density at radius 3 is 2.35 bits per heavy atom. The first-order chi connectivity index (χ1) is 19.4. The lowest BCUT2D eigenvalue weighted by Crippen LogP contribution is -2.45. The summed E-state index contributed by atoms with van der Waals surface area (Å²) >= 11 is 0. The molecular weight excluding hydrogens is 510 g/mol. The molecule has 0 spiro atoms. The SMILES string of the molecule is COc1ccc(N(C(=O)Cn2nnc3ccccc32)[C@@H](C(=O)NCCC(C)C)c2cccc(OC)c2OC)cc1. The Hall–Kier alpha value is -4.60. The smallest absolute Gasteiger partial charge is 0.249 e. The van der Waals surface area contributed by atoms with Crippen LogP contribution in [0.4, 0.5) is 5.69 Å². The van der Waals surface area contributed by atoms with Gasteiger partial charge in [-0.05, 0) is 54.8 Å². The highest BCUT2D eigenvalue weighted by Crippen LogP contribution is 2.39. The van der Waals surface area contributed by atoms with Gasteiger partial charge < -0.3 is 19.5 Å². The zero-order valence-corrected chi connectivity index (χ0v) is 23.5. The zero-order valence-electron chi connectivity index (χ0n) is 23.5. The van der Waals surface area contributed by atoms with Crippen molar-refractivity contribution in [2.75, 3.05) is 32.8 Å². The highest BCUT2D eigenvalue weighted by molar-refractivity contribution is 6.02. The largest absolute Gasteiger partial charge is 0.497 e. The molecule has 0 aliphatic rings. The third-order valence-electron chi connectivity index (χ3n) is 6.58. The van der Waals surface area contributed by atoms with Gasteiger partial charge in [-0.2, -0.15) is 0 Å². The van der Waals surface area contributed by atoms with Crippen LogP contribution in [0, 0.1) is 5.92 Å². The second-order valence-corrected chi connectivity index (χ2v) is 9.66. The van der Waals surface area contributed by atoms with Crippen molar-refractivity contribution in [1.82, 2.24) is 20.3 Å². The molecule has 1 heterocycles. The molecule has 0 bridgehead atoms. The van der Waals surface area contributed by atoms with Gasteiger partial charge in [0.1, 0.15) is 23.9 Å². The maximum absolute atomic E-state index is 14.2. The molecule has 40 heavy (non-hydrogen) atoms. The molecule has 1 atom stereocenters. The maximum Gasteiger partial charge on any atom is 0.249 e. The number of hydrogen-bond acceptors (Lipinski definition) is 7. The van der Waals surface area contributed by atoms with Crippen molar-refractivity contribution < 1.29 is 23.8 Å². The molecule has 4 rings (SSSR count). The molecule has 2 amide bonds. The topological polar surface area (TPSA) is 108 Å². The highest BCUT2D eigenvalue weighted by atomic mass is 16.5. The summed E-state index contributed by atoms with van der Waals surface area (Å²) in [5.41, 5.74) is 2.37. The van der Waals surface area contributed by atoms with E-state index in [1.165, 1.54) is 23.8 Å². The quantitative estimate of drug-likeness (QED) is 0.281. The standard InChI is InChI=1S/C30H35N5O5/c1-20(2)17-18-31-30(37)28(23-9-8-12-26(39-4)29(23)40-5)35(21-13-15-22(38-3)16-14-21)27(36)19-34-25-11-7-6-10-24(25)32-33-34/h6-16,20,28H,17-19H2,1-5H3,(H,31,37)/t28-/m1/s1. The number of nitrogens with one attached hydrogen (secondary N) is 1. The average Bonchev–Trinajstić information content (AvgIpc) is 3.37. The number of ether oxygens (including phenoxy) is 3. The van der Waals surface area contributed by atoms with Crippen LogP contribution in [0.5, 0.6) is 17.2 Å². The van der Waals surface area contributed by atoms with Gasteiger partial charge in [-0.15, -0.1) is 5.10 Å². The second kappa shape index (κ2) is 13.0. The number of amides is 2. The Bertz CT molecular complexity index is 1450. The molecule has 0 aliphatic carbocycles. The van der Waals surface area contributed by atoms with Crippen LogP contribution in [0.2, 0.25) is 0 Å². The summed E-state index contributed by atoms with van der Waals surface area (Å²) in [6, 6.07) is 18.6. The van der Waals surface area contributed by atoms with Gasteiger partial charge in [0.15, 0.2) is 11.5 Å². The van der Waals surface area contributed by atoms with E-state index in [4.69, 9.17) is 14.2 Å². The lowest BCUT2D eigenvalue weighted by molar-refractivity contribution is -0.127. The van der Waals surface area contributed by atoms with E-state index in [2.05, 4.69) is 29.5 Å². The third kappa shape index (κ3) is 6.17. The molecule has 1 aromatic heterocycles. The third-order valence-corrected chi connectivity index (χ3v) is 6.58. The molecule has 0 saturated carbocycles. The van der Waals surface area contributed by atoms with Gasteiger partial charge in [0, 0.05) is 17.8 Å². The summed E-state index contributed by atoms with van der Waals surface area (Å²) in [6.07, 6.45) is 0.787. The first kappa shape index (κ1) is 28.4. The summed E-state index contributed by atoms with van der Waals surface area (Å²) in [7, 11) is 4.61. The molecule has 0 saturated heterocycles. The van der Waals surface area contributed by atoms with Gasteiger partial charge in [0.05, 0.1) is 26.8 Å². The first-order valence-electron chi connectivity index (χ1n) is 13.1. The van der Waals surface area contributed by atoms with Gasteiger partial charge in [0.25, 0.3) is 0 Å². The van der Waals surface area contributed by atoms with Crippen molar-refractivity contribution in [2.24, 2.45) is 5.92 Å². The molecule has 4 aromatic rings. The summed E-state index contributed by atoms with van der Waals surface area (Å²) in [5, 5.41) is 11.4. The van der Waals surface area contributed by atoms with Crippen molar-refractivity contribution in [3.63, 3.8) is 0 Å². The zero-order chi connectivity index (χ0) is 28.6. The van der Waals surface area contributed by atoms with Crippen LogP contribution in [0.15, 0.2) is 66.7 Å². The minimum Gasteiger partial charge on any atom is -0.497 e. The summed E-state index contributed by atoms with van der Waals surface area (Å²) in [5.74, 6) is 1.12. The minimum absolute atomic E-state index is 0.144. The number of methoxy groups -OCH3 is 3. The lowest BCUT2D eigenvalue weighted by Gasteiger charge is -2.32. The summed E-state index contributed by atoms with van der Waals surface area (Å²) < 4.78 is 18.1. The molecule has 10 heteroatoms. The summed E-state index contributed by atoms with van der Waals surface area (Å²) in [6.45, 7) is 4.49. The van der Waals surface area contributed by atoms with Crippen molar-refractivity contribution >= 4 is 28.5 Å². The Labute approximate surface area is 233 Å². The number of carbonyl (C=O) groups excluding carboxylic acids is 2. The predicted octanol–water partition coefficient (Wildman–Crippen LogP) is 4.39. The fraction of sp³-hybridized carbons (Fsp3) is 0.333. The van der Waals surface area contributed by atoms with Gasteiger partial charge >= 0.3 is 0 Å². The van der Waals surface area contributed by atoms with Crippen LogP contribution in [-0.2, 0) is 16.1 Å². The van der Waals surface area contributed by atoms with Crippen molar-refractivity contribution in [1.29, 1.82) is 0 Å². The Kier molecular flexibility index (Phi) is 9.21. The molecular formula is C30H35N5O5. The van der Waals surface area contributed by atoms with Crippen molar-refractivity contribution in [3.8, 4) is 17.2 Å². The predicted molar refractivity (Wildman–Crippen MR) is 153 cm³/mol. The van der Waals surface area contributed by atoms with E-state index >= 15 is 0 Å². The molecule has 10 nitrogen and oxygen atoms in total. The molecule has 0 radical (unpaired) electrons. The van der Waals surface area contributed by atoms with Gasteiger partial charge in [0.2, 0.25) is 11.8 Å². The Morgan fingerprint density at radius 2 is 1.68 bits per heavy atom. The van der Waals surface area contributed by atoms with Crippen molar-refractivity contribution in [2.45, 2.75) is 32.9 Å². The van der Waals surface area contributed by atoms with E-state index in [0.717, 1.165) is 6.42 Å². The van der Waals surface area contributed by atoms with Crippen LogP contribution in [-0.4, -0.2) is 54.7 Å². The number of nitrogens with zero attached hydrogens (tertiary/aromatic N) is 4. The number of hydrogen-bond donors (Lipinski definition) is 1. The molecule has 0 aliphatic heterocycles. The van der Waals surface area contributed by atoms with E-state index in [1.54, 1.807) is 49.6 Å². The first-order valence-corrected chi connectivity index (χ1v) is 13.1. The van der Waals surface area contributed by atoms with E-state index < -0.39 is 6.04 Å². The molecule has 210 valence electrons. The van der Waals surface area contributed by atoms with Crippen LogP contribution in [0.3, 0.4) is 0 Å². The fourth-order valence-electron chi connectivity index (χ4n) is 4.52. The van der Waals surface area contributed by atoms with Crippen LogP contribution < -0.4 is 24.4 Å². The minimum atomic E-state index is -1.08. The van der Waals surface area contributed by atoms with Crippen LogP contribution >= 0.6 is 0 Å². The number of anilines is 1. The van der Waals surface area contributed by atoms with E-state index in [-0.39, 0.29) is 18.4 Å². The number of aromatic nitrogens is 3. The van der Waals surface area contributed by atoms with E-state index in [1.807, 2.05) is 24.3 Å². The van der Waals surface area contributed by atoms with Gasteiger partial charge in [-0.1, -0.05) is 43.3 Å². The number of rotatable bonds is 12. The van der Waals surface area contributed by atoms with Gasteiger partial charge in [-0.3, -0.25) is 14.5 Å². The lowest BCUT2D eigenvalue weighted by atomic mass is 10.0. The molecule has 0 fully saturated rings. The second-order valence-electron chi connectivity index (χ2n) is 9.66. The van der Waals surface area contributed by atoms with E-state index in [0.29, 0.717) is 52.0 Å². The van der Waals surface area contributed by atoms with Crippen LogP contribution in [0.25, 0.3) is 11.0 Å². The number of benzene rings is 3. The fourth-order valence-corrected chi connectivity index (χ4v) is 4.52. The Balaban J connectivity index is 1.84. The summed E-state index contributed by atoms with van der Waals surface area (Å²) in [4.78, 5) is 29.7. The van der Waals surface area contributed by atoms with Crippen molar-refractivity contribution in [3.05, 3.63) is 72.3 Å². The number of fused-ring (bicyclic) bond motifs is 1. The number of para-hydroxylation sites is 2. The maximum atomic E-state index is 14.2. The Morgan fingerprint density at radius 1 is 0.925 bits per heavy atom. The molecule has 1 N–H and O–H groups in total. The molecule has 3 aromatic carbocycles. The average molecular weight is 546 g/mol. The van der Waals surface area contributed by atoms with E-state index in [9.17, 15) is 9.59 Å². The number of carbonyl (C=O) groups is 2. The van der Waals surface area contributed by atoms with Gasteiger partial charge in [-0.25, -0.2) is 4.68 Å². The highest BCUT2D eigenvalue weighted by Gasteiger charge is 2.36. The monoisotopic (exact) mass is 545 g/mol. The van der Waals surface area contributed by atoms with Crippen LogP contribution in [0.1, 0.15) is 31.9 Å².